The van der Waals surface area contributed by atoms with Gasteiger partial charge in [-0.05, 0) is 60.5 Å². The fourth-order valence-electron chi connectivity index (χ4n) is 3.02. The van der Waals surface area contributed by atoms with Crippen molar-refractivity contribution in [3.05, 3.63) is 83.1 Å². The summed E-state index contributed by atoms with van der Waals surface area (Å²) in [7, 11) is 0. The van der Waals surface area contributed by atoms with Gasteiger partial charge in [-0.1, -0.05) is 46.7 Å². The molecular weight excluding hydrogens is 474 g/mol. The number of halogens is 1. The normalized spacial score (nSPS) is 10.8. The Bertz CT molecular complexity index is 1160. The highest BCUT2D eigenvalue weighted by molar-refractivity contribution is 9.10. The van der Waals surface area contributed by atoms with E-state index in [9.17, 15) is 4.79 Å². The van der Waals surface area contributed by atoms with Crippen LogP contribution < -0.4 is 5.32 Å². The Labute approximate surface area is 193 Å². The van der Waals surface area contributed by atoms with Crippen molar-refractivity contribution in [1.82, 2.24) is 19.7 Å². The van der Waals surface area contributed by atoms with Crippen molar-refractivity contribution in [2.45, 2.75) is 18.5 Å². The van der Waals surface area contributed by atoms with E-state index in [-0.39, 0.29) is 11.7 Å². The molecule has 0 fully saturated rings. The number of carbonyl (C=O) groups is 1. The van der Waals surface area contributed by atoms with Crippen LogP contribution in [0, 0.1) is 0 Å². The first kappa shape index (κ1) is 21.3. The van der Waals surface area contributed by atoms with Crippen molar-refractivity contribution in [2.24, 2.45) is 0 Å². The molecule has 0 aliphatic heterocycles. The predicted octanol–water partition coefficient (Wildman–Crippen LogP) is 5.39. The molecule has 0 radical (unpaired) electrons. The number of aromatic nitrogens is 4. The molecular formula is C23H20BrN5OS. The fraction of sp³-hybridized carbons (Fsp3) is 0.130. The number of amides is 1. The minimum absolute atomic E-state index is 0.0949. The first-order valence-corrected chi connectivity index (χ1v) is 11.5. The molecule has 1 N–H and O–H groups in total. The number of nitrogens with zero attached hydrogens (tertiary/aromatic N) is 4. The number of benzene rings is 2. The summed E-state index contributed by atoms with van der Waals surface area (Å²) in [6.07, 6.45) is 4.44. The Morgan fingerprint density at radius 1 is 1.06 bits per heavy atom. The SMILES string of the molecule is CCc1ccc(NC(=O)CSc2nnc(-c3cccnc3)n2-c2ccc(Br)cc2)cc1. The van der Waals surface area contributed by atoms with Crippen LogP contribution >= 0.6 is 27.7 Å². The van der Waals surface area contributed by atoms with Crippen LogP contribution in [0.4, 0.5) is 5.69 Å². The summed E-state index contributed by atoms with van der Waals surface area (Å²) in [4.78, 5) is 16.7. The zero-order valence-electron chi connectivity index (χ0n) is 16.8. The van der Waals surface area contributed by atoms with Gasteiger partial charge in [0, 0.05) is 33.8 Å². The molecule has 31 heavy (non-hydrogen) atoms. The topological polar surface area (TPSA) is 72.7 Å². The smallest absolute Gasteiger partial charge is 0.234 e. The van der Waals surface area contributed by atoms with E-state index in [2.05, 4.69) is 43.4 Å². The second-order valence-electron chi connectivity index (χ2n) is 6.75. The second kappa shape index (κ2) is 9.89. The van der Waals surface area contributed by atoms with Crippen LogP contribution in [0.3, 0.4) is 0 Å². The first-order valence-electron chi connectivity index (χ1n) is 9.77. The number of nitrogens with one attached hydrogen (secondary N) is 1. The third-order valence-electron chi connectivity index (χ3n) is 4.62. The maximum absolute atomic E-state index is 12.5. The quantitative estimate of drug-likeness (QED) is 0.349. The Morgan fingerprint density at radius 3 is 2.52 bits per heavy atom. The predicted molar refractivity (Wildman–Crippen MR) is 127 cm³/mol. The highest BCUT2D eigenvalue weighted by Crippen LogP contribution is 2.28. The van der Waals surface area contributed by atoms with Gasteiger partial charge in [0.15, 0.2) is 11.0 Å². The summed E-state index contributed by atoms with van der Waals surface area (Å²) in [6, 6.07) is 19.6. The van der Waals surface area contributed by atoms with Crippen molar-refractivity contribution < 1.29 is 4.79 Å². The van der Waals surface area contributed by atoms with E-state index in [0.29, 0.717) is 11.0 Å². The Balaban J connectivity index is 1.55. The second-order valence-corrected chi connectivity index (χ2v) is 8.61. The highest BCUT2D eigenvalue weighted by Gasteiger charge is 2.17. The standard InChI is InChI=1S/C23H20BrN5OS/c1-2-16-5-9-19(10-6-16)26-21(30)15-31-23-28-27-22(17-4-3-13-25-14-17)29(23)20-11-7-18(24)8-12-20/h3-14H,2,15H2,1H3,(H,26,30). The van der Waals surface area contributed by atoms with Crippen LogP contribution in [-0.2, 0) is 11.2 Å². The van der Waals surface area contributed by atoms with Gasteiger partial charge in [-0.3, -0.25) is 14.3 Å². The molecule has 0 atom stereocenters. The Hall–Kier alpha value is -2.97. The molecule has 6 nitrogen and oxygen atoms in total. The molecule has 2 aromatic carbocycles. The third kappa shape index (κ3) is 5.21. The number of hydrogen-bond acceptors (Lipinski definition) is 5. The van der Waals surface area contributed by atoms with E-state index in [1.807, 2.05) is 65.2 Å². The lowest BCUT2D eigenvalue weighted by molar-refractivity contribution is -0.113. The fourth-order valence-corrected chi connectivity index (χ4v) is 4.04. The summed E-state index contributed by atoms with van der Waals surface area (Å²) in [5, 5.41) is 12.3. The van der Waals surface area contributed by atoms with Gasteiger partial charge in [-0.25, -0.2) is 0 Å². The van der Waals surface area contributed by atoms with E-state index >= 15 is 0 Å². The lowest BCUT2D eigenvalue weighted by Crippen LogP contribution is -2.14. The minimum Gasteiger partial charge on any atom is -0.325 e. The van der Waals surface area contributed by atoms with E-state index in [1.165, 1.54) is 17.3 Å². The van der Waals surface area contributed by atoms with Gasteiger partial charge in [-0.2, -0.15) is 0 Å². The average Bonchev–Trinajstić information content (AvgIpc) is 3.23. The largest absolute Gasteiger partial charge is 0.325 e. The molecule has 2 heterocycles. The lowest BCUT2D eigenvalue weighted by atomic mass is 10.1. The van der Waals surface area contributed by atoms with Gasteiger partial charge in [0.05, 0.1) is 5.75 Å². The van der Waals surface area contributed by atoms with Crippen LogP contribution in [0.1, 0.15) is 12.5 Å². The summed E-state index contributed by atoms with van der Waals surface area (Å²) in [6.45, 7) is 2.10. The molecule has 0 aliphatic rings. The van der Waals surface area contributed by atoms with Crippen molar-refractivity contribution in [3.8, 4) is 17.1 Å². The maximum Gasteiger partial charge on any atom is 0.234 e. The van der Waals surface area contributed by atoms with Crippen molar-refractivity contribution in [2.75, 3.05) is 11.1 Å². The summed E-state index contributed by atoms with van der Waals surface area (Å²) >= 11 is 4.81. The number of aryl methyl sites for hydroxylation is 1. The number of thioether (sulfide) groups is 1. The molecule has 4 aromatic rings. The zero-order chi connectivity index (χ0) is 21.6. The summed E-state index contributed by atoms with van der Waals surface area (Å²) < 4.78 is 2.92. The molecule has 0 spiro atoms. The number of hydrogen-bond donors (Lipinski definition) is 1. The summed E-state index contributed by atoms with van der Waals surface area (Å²) in [5.74, 6) is 0.799. The van der Waals surface area contributed by atoms with Crippen LogP contribution in [0.25, 0.3) is 17.1 Å². The van der Waals surface area contributed by atoms with Gasteiger partial charge in [0.2, 0.25) is 5.91 Å². The molecule has 4 rings (SSSR count). The molecule has 0 bridgehead atoms. The summed E-state index contributed by atoms with van der Waals surface area (Å²) in [5.41, 5.74) is 3.78. The number of pyridine rings is 1. The van der Waals surface area contributed by atoms with Crippen LogP contribution in [0.2, 0.25) is 0 Å². The Kier molecular flexibility index (Phi) is 6.79. The van der Waals surface area contributed by atoms with Crippen LogP contribution in [0.5, 0.6) is 0 Å². The van der Waals surface area contributed by atoms with Crippen LogP contribution in [-0.4, -0.2) is 31.4 Å². The van der Waals surface area contributed by atoms with Gasteiger partial charge in [-0.15, -0.1) is 10.2 Å². The van der Waals surface area contributed by atoms with Crippen molar-refractivity contribution in [3.63, 3.8) is 0 Å². The van der Waals surface area contributed by atoms with Crippen LogP contribution in [0.15, 0.2) is 82.7 Å². The first-order chi connectivity index (χ1) is 15.1. The number of rotatable bonds is 7. The molecule has 0 saturated carbocycles. The van der Waals surface area contributed by atoms with E-state index in [1.54, 1.807) is 12.4 Å². The van der Waals surface area contributed by atoms with Gasteiger partial charge >= 0.3 is 0 Å². The molecule has 8 heteroatoms. The van der Waals surface area contributed by atoms with Crippen molar-refractivity contribution in [1.29, 1.82) is 0 Å². The third-order valence-corrected chi connectivity index (χ3v) is 6.07. The van der Waals surface area contributed by atoms with Gasteiger partial charge < -0.3 is 5.32 Å². The average molecular weight is 494 g/mol. The monoisotopic (exact) mass is 493 g/mol. The molecule has 156 valence electrons. The molecule has 1 amide bonds. The molecule has 0 aliphatic carbocycles. The lowest BCUT2D eigenvalue weighted by Gasteiger charge is -2.11. The van der Waals surface area contributed by atoms with Gasteiger partial charge in [0.25, 0.3) is 0 Å². The highest BCUT2D eigenvalue weighted by atomic mass is 79.9. The molecule has 0 unspecified atom stereocenters. The van der Waals surface area contributed by atoms with Crippen molar-refractivity contribution >= 4 is 39.3 Å². The number of anilines is 1. The maximum atomic E-state index is 12.5. The van der Waals surface area contributed by atoms with Gasteiger partial charge in [0.1, 0.15) is 0 Å². The molecule has 0 saturated heterocycles. The minimum atomic E-state index is -0.0949. The van der Waals surface area contributed by atoms with E-state index in [0.717, 1.165) is 27.8 Å². The van der Waals surface area contributed by atoms with E-state index < -0.39 is 0 Å². The molecule has 2 aromatic heterocycles. The number of carbonyl (C=O) groups excluding carboxylic acids is 1. The Morgan fingerprint density at radius 2 is 1.84 bits per heavy atom. The van der Waals surface area contributed by atoms with E-state index in [4.69, 9.17) is 0 Å². The zero-order valence-corrected chi connectivity index (χ0v) is 19.2.